The Balaban J connectivity index is 0.000000667. The van der Waals surface area contributed by atoms with Gasteiger partial charge in [0.2, 0.25) is 0 Å². The fraction of sp³-hybridized carbons (Fsp3) is 0.0667. The van der Waals surface area contributed by atoms with Crippen molar-refractivity contribution in [1.82, 2.24) is 4.98 Å². The number of hydrogen-bond donors (Lipinski definition) is 1. The fourth-order valence-electron chi connectivity index (χ4n) is 2.83. The van der Waals surface area contributed by atoms with Crippen LogP contribution in [0, 0.1) is 0 Å². The number of benzene rings is 2. The fourth-order valence-corrected chi connectivity index (χ4v) is 3.77. The molecule has 0 bridgehead atoms. The number of nitrogens with one attached hydrogen (secondary N) is 1. The zero-order valence-corrected chi connectivity index (χ0v) is 14.0. The first kappa shape index (κ1) is 14.8. The third-order valence-corrected chi connectivity index (χ3v) is 4.61. The molecule has 2 aromatic carbocycles. The van der Waals surface area contributed by atoms with Crippen molar-refractivity contribution >= 4 is 14.2 Å². The molecular weight excluding hydrogens is 356 g/mol. The zero-order chi connectivity index (χ0) is 11.4. The second kappa shape index (κ2) is 5.44. The minimum atomic E-state index is 0. The maximum atomic E-state index is 3.59. The molecule has 0 radical (unpaired) electrons. The molecule has 19 heavy (non-hydrogen) atoms. The third-order valence-electron chi connectivity index (χ3n) is 3.58. The van der Waals surface area contributed by atoms with Crippen LogP contribution < -0.4 is 28.1 Å². The van der Waals surface area contributed by atoms with E-state index in [0.29, 0.717) is 0 Å². The summed E-state index contributed by atoms with van der Waals surface area (Å²) in [7, 11) is 0. The first-order valence-electron chi connectivity index (χ1n) is 5.78. The Bertz CT molecular complexity index is 749. The summed E-state index contributed by atoms with van der Waals surface area (Å²) >= 11 is 1.49. The van der Waals surface area contributed by atoms with Gasteiger partial charge in [0, 0.05) is 0 Å². The SMILES string of the molecule is [Cl-].[Cl-].[Zr+2][c]1cccc2[nH]c3c(c12)Cc1ccccc1-3. The summed E-state index contributed by atoms with van der Waals surface area (Å²) in [5.74, 6) is 0. The van der Waals surface area contributed by atoms with Gasteiger partial charge in [0.1, 0.15) is 0 Å². The van der Waals surface area contributed by atoms with Gasteiger partial charge in [-0.1, -0.05) is 0 Å². The molecule has 0 spiro atoms. The minimum absolute atomic E-state index is 0. The van der Waals surface area contributed by atoms with E-state index in [1.807, 2.05) is 0 Å². The maximum absolute atomic E-state index is 3.59. The van der Waals surface area contributed by atoms with Gasteiger partial charge in [-0.2, -0.15) is 0 Å². The van der Waals surface area contributed by atoms with Crippen LogP contribution in [-0.2, 0) is 31.1 Å². The Morgan fingerprint density at radius 1 is 0.947 bits per heavy atom. The van der Waals surface area contributed by atoms with Crippen LogP contribution in [0.15, 0.2) is 42.5 Å². The Hall–Kier alpha value is -0.557. The second-order valence-electron chi connectivity index (χ2n) is 4.54. The number of halogens is 2. The first-order valence-corrected chi connectivity index (χ1v) is 7.01. The van der Waals surface area contributed by atoms with Crippen LogP contribution >= 0.6 is 0 Å². The molecule has 1 aromatic heterocycles. The van der Waals surface area contributed by atoms with Crippen LogP contribution in [-0.4, -0.2) is 4.98 Å². The standard InChI is InChI=1S/C15H10N.2ClH.Zr/c1-2-6-11-10(5-1)9-13-12-7-3-4-8-14(12)16-15(11)13;;;/h1-6,8,16H,9H2;2*1H;/q;;;+2/p-2. The summed E-state index contributed by atoms with van der Waals surface area (Å²) in [5.41, 5.74) is 6.96. The number of fused-ring (bicyclic) bond motifs is 5. The van der Waals surface area contributed by atoms with E-state index in [1.165, 1.54) is 61.3 Å². The van der Waals surface area contributed by atoms with Gasteiger partial charge in [-0.3, -0.25) is 0 Å². The van der Waals surface area contributed by atoms with Crippen LogP contribution in [0.2, 0.25) is 0 Å². The molecule has 4 heteroatoms. The van der Waals surface area contributed by atoms with Crippen molar-refractivity contribution in [1.29, 1.82) is 0 Å². The van der Waals surface area contributed by atoms with Crippen molar-refractivity contribution in [2.24, 2.45) is 0 Å². The summed E-state index contributed by atoms with van der Waals surface area (Å²) in [4.78, 5) is 3.59. The van der Waals surface area contributed by atoms with Crippen molar-refractivity contribution in [2.45, 2.75) is 6.42 Å². The number of hydrogen-bond acceptors (Lipinski definition) is 0. The van der Waals surface area contributed by atoms with Crippen LogP contribution in [0.5, 0.6) is 0 Å². The van der Waals surface area contributed by atoms with Gasteiger partial charge in [-0.05, 0) is 0 Å². The predicted octanol–water partition coefficient (Wildman–Crippen LogP) is -3.08. The van der Waals surface area contributed by atoms with Crippen LogP contribution in [0.1, 0.15) is 11.1 Å². The Labute approximate surface area is 139 Å². The van der Waals surface area contributed by atoms with E-state index < -0.39 is 0 Å². The van der Waals surface area contributed by atoms with Gasteiger partial charge in [0.25, 0.3) is 0 Å². The average Bonchev–Trinajstić information content (AvgIpc) is 2.85. The summed E-state index contributed by atoms with van der Waals surface area (Å²) in [6.07, 6.45) is 1.08. The molecular formula is C15H10Cl2NZr. The van der Waals surface area contributed by atoms with Crippen molar-refractivity contribution in [3.63, 3.8) is 0 Å². The average molecular weight is 366 g/mol. The number of aromatic amines is 1. The molecule has 3 aromatic rings. The molecule has 0 unspecified atom stereocenters. The van der Waals surface area contributed by atoms with Gasteiger partial charge in [-0.25, -0.2) is 0 Å². The molecule has 1 N–H and O–H groups in total. The van der Waals surface area contributed by atoms with Crippen molar-refractivity contribution in [3.8, 4) is 11.3 Å². The van der Waals surface area contributed by atoms with Gasteiger partial charge >= 0.3 is 115 Å². The Morgan fingerprint density at radius 2 is 1.74 bits per heavy atom. The van der Waals surface area contributed by atoms with Crippen LogP contribution in [0.25, 0.3) is 22.2 Å². The van der Waals surface area contributed by atoms with Crippen molar-refractivity contribution < 1.29 is 49.5 Å². The number of H-pyrrole nitrogens is 1. The van der Waals surface area contributed by atoms with E-state index in [9.17, 15) is 0 Å². The molecule has 0 fully saturated rings. The molecule has 0 aliphatic heterocycles. The van der Waals surface area contributed by atoms with Crippen LogP contribution in [0.3, 0.4) is 0 Å². The van der Waals surface area contributed by atoms with Crippen molar-refractivity contribution in [2.75, 3.05) is 0 Å². The van der Waals surface area contributed by atoms with E-state index >= 15 is 0 Å². The molecule has 1 aliphatic rings. The van der Waals surface area contributed by atoms with Gasteiger partial charge in [0.05, 0.1) is 0 Å². The molecule has 1 aliphatic carbocycles. The van der Waals surface area contributed by atoms with Gasteiger partial charge in [0.15, 0.2) is 0 Å². The van der Waals surface area contributed by atoms with Gasteiger partial charge in [-0.15, -0.1) is 0 Å². The molecule has 0 atom stereocenters. The summed E-state index contributed by atoms with van der Waals surface area (Å²) in [5, 5.41) is 1.46. The van der Waals surface area contributed by atoms with Crippen LogP contribution in [0.4, 0.5) is 0 Å². The summed E-state index contributed by atoms with van der Waals surface area (Å²) < 4.78 is 1.46. The number of rotatable bonds is 0. The molecule has 93 valence electrons. The normalized spacial score (nSPS) is 11.5. The summed E-state index contributed by atoms with van der Waals surface area (Å²) in [6.45, 7) is 0. The van der Waals surface area contributed by atoms with Gasteiger partial charge < -0.3 is 24.8 Å². The summed E-state index contributed by atoms with van der Waals surface area (Å²) in [6, 6.07) is 15.3. The first-order chi connectivity index (χ1) is 8.34. The predicted molar refractivity (Wildman–Crippen MR) is 66.2 cm³/mol. The molecule has 1 heterocycles. The third kappa shape index (κ3) is 2.11. The molecule has 1 nitrogen and oxygen atoms in total. The topological polar surface area (TPSA) is 15.8 Å². The molecule has 4 rings (SSSR count). The van der Waals surface area contributed by atoms with Crippen molar-refractivity contribution in [3.05, 3.63) is 53.6 Å². The Morgan fingerprint density at radius 3 is 2.58 bits per heavy atom. The monoisotopic (exact) mass is 364 g/mol. The van der Waals surface area contributed by atoms with E-state index in [1.54, 1.807) is 0 Å². The molecule has 0 saturated carbocycles. The molecule has 0 saturated heterocycles. The van der Waals surface area contributed by atoms with E-state index in [0.717, 1.165) is 6.42 Å². The zero-order valence-electron chi connectivity index (χ0n) is 10.0. The van der Waals surface area contributed by atoms with E-state index in [2.05, 4.69) is 47.4 Å². The quantitative estimate of drug-likeness (QED) is 0.340. The molecule has 0 amide bonds. The van der Waals surface area contributed by atoms with E-state index in [4.69, 9.17) is 0 Å². The Kier molecular flexibility index (Phi) is 4.25. The number of aromatic nitrogens is 1. The van der Waals surface area contributed by atoms with E-state index in [-0.39, 0.29) is 24.8 Å². The second-order valence-corrected chi connectivity index (χ2v) is 5.86.